The number of nitrogens with zero attached hydrogens (tertiary/aromatic N) is 1. The van der Waals surface area contributed by atoms with E-state index >= 15 is 0 Å². The fourth-order valence-corrected chi connectivity index (χ4v) is 2.44. The Kier molecular flexibility index (Phi) is 4.97. The van der Waals surface area contributed by atoms with Crippen LogP contribution in [0.15, 0.2) is 71.1 Å². The third kappa shape index (κ3) is 4.05. The van der Waals surface area contributed by atoms with Gasteiger partial charge in [0.15, 0.2) is 5.76 Å². The number of furan rings is 1. The average molecular weight is 315 g/mol. The quantitative estimate of drug-likeness (QED) is 0.601. The minimum Gasteiger partial charge on any atom is -0.455 e. The van der Waals surface area contributed by atoms with Crippen LogP contribution in [0.3, 0.4) is 0 Å². The fourth-order valence-electron chi connectivity index (χ4n) is 2.44. The normalized spacial score (nSPS) is 11.4. The highest BCUT2D eigenvalue weighted by Crippen LogP contribution is 2.27. The lowest BCUT2D eigenvalue weighted by Crippen LogP contribution is -2.08. The van der Waals surface area contributed by atoms with Crippen molar-refractivity contribution in [1.82, 2.24) is 0 Å². The van der Waals surface area contributed by atoms with Crippen molar-refractivity contribution in [3.05, 3.63) is 89.4 Å². The van der Waals surface area contributed by atoms with Gasteiger partial charge in [-0.15, -0.1) is 0 Å². The van der Waals surface area contributed by atoms with E-state index in [-0.39, 0.29) is 0 Å². The predicted octanol–water partition coefficient (Wildman–Crippen LogP) is 5.69. The summed E-state index contributed by atoms with van der Waals surface area (Å²) in [6, 6.07) is 22.5. The van der Waals surface area contributed by atoms with Gasteiger partial charge in [-0.3, -0.25) is 0 Å². The van der Waals surface area contributed by atoms with Crippen molar-refractivity contribution >= 4 is 30.0 Å². The molecule has 1 aromatic heterocycles. The van der Waals surface area contributed by atoms with Crippen molar-refractivity contribution < 1.29 is 4.42 Å². The number of anilines is 1. The average Bonchev–Trinajstić information content (AvgIpc) is 3.04. The molecule has 0 amide bonds. The smallest absolute Gasteiger partial charge is 0.150 e. The van der Waals surface area contributed by atoms with Crippen LogP contribution < -0.4 is 4.90 Å². The van der Waals surface area contributed by atoms with E-state index in [4.69, 9.17) is 4.42 Å². The molecule has 0 N–H and O–H groups in total. The molecule has 2 aromatic carbocycles. The molecule has 2 heteroatoms. The van der Waals surface area contributed by atoms with Crippen LogP contribution in [0, 0.1) is 0 Å². The maximum Gasteiger partial charge on any atom is 0.150 e. The minimum absolute atomic E-state index is 0.843. The van der Waals surface area contributed by atoms with Crippen LogP contribution in [-0.4, -0.2) is 14.1 Å². The molecule has 0 saturated heterocycles. The molecule has 0 saturated carbocycles. The highest BCUT2D eigenvalue weighted by Gasteiger charge is 2.09. The standard InChI is InChI=1S/C22H21NO/c1-23(2)21-17-20(15-13-18-9-5-3-6-10-18)24-22(21)16-14-19-11-7-4-8-12-19/h3-17H,1-2H3. The second kappa shape index (κ2) is 7.51. The maximum atomic E-state index is 6.00. The first kappa shape index (κ1) is 15.9. The Labute approximate surface area is 143 Å². The Morgan fingerprint density at radius 2 is 1.25 bits per heavy atom. The highest BCUT2D eigenvalue weighted by atomic mass is 16.3. The predicted molar refractivity (Wildman–Crippen MR) is 104 cm³/mol. The van der Waals surface area contributed by atoms with Gasteiger partial charge < -0.3 is 9.32 Å². The Morgan fingerprint density at radius 1 is 0.708 bits per heavy atom. The Morgan fingerprint density at radius 3 is 1.79 bits per heavy atom. The van der Waals surface area contributed by atoms with Crippen LogP contribution in [0.5, 0.6) is 0 Å². The van der Waals surface area contributed by atoms with E-state index in [1.165, 1.54) is 0 Å². The summed E-state index contributed by atoms with van der Waals surface area (Å²) < 4.78 is 6.00. The lowest BCUT2D eigenvalue weighted by Gasteiger charge is -2.09. The molecule has 2 nitrogen and oxygen atoms in total. The van der Waals surface area contributed by atoms with Crippen LogP contribution in [0.25, 0.3) is 24.3 Å². The fraction of sp³-hybridized carbons (Fsp3) is 0.0909. The van der Waals surface area contributed by atoms with E-state index in [0.717, 1.165) is 28.3 Å². The van der Waals surface area contributed by atoms with Gasteiger partial charge in [0.25, 0.3) is 0 Å². The topological polar surface area (TPSA) is 16.4 Å². The van der Waals surface area contributed by atoms with Crippen molar-refractivity contribution in [2.24, 2.45) is 0 Å². The summed E-state index contributed by atoms with van der Waals surface area (Å²) >= 11 is 0. The van der Waals surface area contributed by atoms with Crippen LogP contribution >= 0.6 is 0 Å². The van der Waals surface area contributed by atoms with Crippen LogP contribution in [0.2, 0.25) is 0 Å². The Balaban J connectivity index is 1.85. The Bertz CT molecular complexity index is 827. The van der Waals surface area contributed by atoms with E-state index in [0.29, 0.717) is 0 Å². The first-order valence-corrected chi connectivity index (χ1v) is 8.00. The zero-order valence-corrected chi connectivity index (χ0v) is 14.0. The summed E-state index contributed by atoms with van der Waals surface area (Å²) in [7, 11) is 4.05. The molecule has 0 aliphatic rings. The molecular weight excluding hydrogens is 294 g/mol. The van der Waals surface area contributed by atoms with E-state index < -0.39 is 0 Å². The van der Waals surface area contributed by atoms with Gasteiger partial charge in [0.1, 0.15) is 5.76 Å². The van der Waals surface area contributed by atoms with E-state index in [9.17, 15) is 0 Å². The lowest BCUT2D eigenvalue weighted by molar-refractivity contribution is 0.547. The summed E-state index contributed by atoms with van der Waals surface area (Å²) in [4.78, 5) is 2.06. The molecule has 0 atom stereocenters. The third-order valence-electron chi connectivity index (χ3n) is 3.71. The highest BCUT2D eigenvalue weighted by molar-refractivity contribution is 5.77. The second-order valence-electron chi connectivity index (χ2n) is 5.78. The van der Waals surface area contributed by atoms with Gasteiger partial charge in [-0.2, -0.15) is 0 Å². The molecule has 0 spiro atoms. The largest absolute Gasteiger partial charge is 0.455 e. The van der Waals surface area contributed by atoms with Gasteiger partial charge in [-0.1, -0.05) is 72.8 Å². The number of hydrogen-bond acceptors (Lipinski definition) is 2. The van der Waals surface area contributed by atoms with Crippen LogP contribution in [0.1, 0.15) is 22.6 Å². The molecule has 1 heterocycles. The number of rotatable bonds is 5. The van der Waals surface area contributed by atoms with Crippen molar-refractivity contribution in [3.63, 3.8) is 0 Å². The van der Waals surface area contributed by atoms with Crippen LogP contribution in [0.4, 0.5) is 5.69 Å². The SMILES string of the molecule is CN(C)c1cc(C=Cc2ccccc2)oc1C=Cc1ccccc1. The van der Waals surface area contributed by atoms with Gasteiger partial charge in [-0.05, 0) is 23.3 Å². The summed E-state index contributed by atoms with van der Waals surface area (Å²) in [5.41, 5.74) is 3.37. The maximum absolute atomic E-state index is 6.00. The molecule has 0 radical (unpaired) electrons. The first-order chi connectivity index (χ1) is 11.7. The summed E-state index contributed by atoms with van der Waals surface area (Å²) in [5, 5.41) is 0. The van der Waals surface area contributed by atoms with Gasteiger partial charge in [-0.25, -0.2) is 0 Å². The molecule has 24 heavy (non-hydrogen) atoms. The number of hydrogen-bond donors (Lipinski definition) is 0. The zero-order chi connectivity index (χ0) is 16.8. The molecule has 120 valence electrons. The van der Waals surface area contributed by atoms with E-state index in [1.807, 2.05) is 62.6 Å². The molecule has 0 aliphatic heterocycles. The van der Waals surface area contributed by atoms with Crippen molar-refractivity contribution in [1.29, 1.82) is 0 Å². The second-order valence-corrected chi connectivity index (χ2v) is 5.78. The zero-order valence-electron chi connectivity index (χ0n) is 14.0. The van der Waals surface area contributed by atoms with Gasteiger partial charge >= 0.3 is 0 Å². The monoisotopic (exact) mass is 315 g/mol. The molecule has 0 unspecified atom stereocenters. The number of benzene rings is 2. The van der Waals surface area contributed by atoms with E-state index in [1.54, 1.807) is 0 Å². The van der Waals surface area contributed by atoms with Gasteiger partial charge in [0.05, 0.1) is 5.69 Å². The molecular formula is C22H21NO. The Hall–Kier alpha value is -3.00. The molecule has 3 rings (SSSR count). The molecule has 3 aromatic rings. The van der Waals surface area contributed by atoms with Gasteiger partial charge in [0.2, 0.25) is 0 Å². The minimum atomic E-state index is 0.843. The summed E-state index contributed by atoms with van der Waals surface area (Å²) in [6.45, 7) is 0. The summed E-state index contributed by atoms with van der Waals surface area (Å²) in [6.07, 6.45) is 8.15. The van der Waals surface area contributed by atoms with Crippen LogP contribution in [-0.2, 0) is 0 Å². The van der Waals surface area contributed by atoms with Crippen molar-refractivity contribution in [3.8, 4) is 0 Å². The molecule has 0 aliphatic carbocycles. The van der Waals surface area contributed by atoms with Crippen molar-refractivity contribution in [2.45, 2.75) is 0 Å². The van der Waals surface area contributed by atoms with Gasteiger partial charge in [0, 0.05) is 20.2 Å². The first-order valence-electron chi connectivity index (χ1n) is 8.00. The third-order valence-corrected chi connectivity index (χ3v) is 3.71. The summed E-state index contributed by atoms with van der Waals surface area (Å²) in [5.74, 6) is 1.70. The lowest BCUT2D eigenvalue weighted by atomic mass is 10.2. The van der Waals surface area contributed by atoms with Crippen molar-refractivity contribution in [2.75, 3.05) is 19.0 Å². The molecule has 0 fully saturated rings. The molecule has 0 bridgehead atoms. The van der Waals surface area contributed by atoms with E-state index in [2.05, 4.69) is 47.4 Å².